The maximum absolute atomic E-state index is 11.3. The zero-order valence-electron chi connectivity index (χ0n) is 11.2. The summed E-state index contributed by atoms with van der Waals surface area (Å²) in [7, 11) is 2.92. The van der Waals surface area contributed by atoms with Crippen LogP contribution < -0.4 is 10.1 Å². The molecule has 106 valence electrons. The lowest BCUT2D eigenvalue weighted by Gasteiger charge is -2.08. The molecule has 20 heavy (non-hydrogen) atoms. The van der Waals surface area contributed by atoms with Crippen LogP contribution in [0.25, 0.3) is 0 Å². The van der Waals surface area contributed by atoms with Gasteiger partial charge in [0.1, 0.15) is 11.4 Å². The van der Waals surface area contributed by atoms with Gasteiger partial charge < -0.3 is 19.8 Å². The summed E-state index contributed by atoms with van der Waals surface area (Å²) >= 11 is 5.96. The van der Waals surface area contributed by atoms with E-state index in [0.717, 1.165) is 11.4 Å². The minimum Gasteiger partial charge on any atom is -0.495 e. The highest BCUT2D eigenvalue weighted by Gasteiger charge is 2.08. The normalized spacial score (nSPS) is 10.2. The number of aromatic nitrogens is 1. The lowest BCUT2D eigenvalue weighted by atomic mass is 10.3. The van der Waals surface area contributed by atoms with Gasteiger partial charge in [0.2, 0.25) is 0 Å². The van der Waals surface area contributed by atoms with E-state index in [0.29, 0.717) is 23.0 Å². The molecule has 0 saturated heterocycles. The summed E-state index contributed by atoms with van der Waals surface area (Å²) in [5, 5.41) is 3.77. The lowest BCUT2D eigenvalue weighted by molar-refractivity contribution is 0.0594. The number of benzene rings is 1. The molecule has 0 atom stereocenters. The number of carbonyl (C=O) groups is 1. The Balaban J connectivity index is 2.01. The quantitative estimate of drug-likeness (QED) is 0.832. The van der Waals surface area contributed by atoms with Crippen molar-refractivity contribution < 1.29 is 14.3 Å². The minimum atomic E-state index is -0.385. The Hall–Kier alpha value is -2.14. The van der Waals surface area contributed by atoms with Crippen LogP contribution in [0.4, 0.5) is 5.69 Å². The molecule has 0 aliphatic rings. The number of ether oxygens (including phenoxy) is 2. The fraction of sp³-hybridized carbons (Fsp3) is 0.214. The van der Waals surface area contributed by atoms with Gasteiger partial charge >= 0.3 is 5.97 Å². The Morgan fingerprint density at radius 1 is 1.30 bits per heavy atom. The third kappa shape index (κ3) is 3.24. The molecule has 0 fully saturated rings. The standard InChI is InChI=1S/C14H15ClN2O3/c1-19-13-7-9(3-5-11(13)15)16-8-10-4-6-12(17-10)14(18)20-2/h3-7,16-17H,8H2,1-2H3. The first-order chi connectivity index (χ1) is 9.63. The van der Waals surface area contributed by atoms with Crippen LogP contribution in [0.15, 0.2) is 30.3 Å². The van der Waals surface area contributed by atoms with Crippen molar-refractivity contribution in [1.82, 2.24) is 4.98 Å². The molecular weight excluding hydrogens is 280 g/mol. The number of esters is 1. The van der Waals surface area contributed by atoms with E-state index in [2.05, 4.69) is 15.0 Å². The van der Waals surface area contributed by atoms with Crippen molar-refractivity contribution in [2.24, 2.45) is 0 Å². The maximum atomic E-state index is 11.3. The van der Waals surface area contributed by atoms with E-state index in [4.69, 9.17) is 16.3 Å². The number of rotatable bonds is 5. The van der Waals surface area contributed by atoms with Gasteiger partial charge in [-0.1, -0.05) is 11.6 Å². The fourth-order valence-electron chi connectivity index (χ4n) is 1.74. The summed E-state index contributed by atoms with van der Waals surface area (Å²) in [6.45, 7) is 0.543. The van der Waals surface area contributed by atoms with Crippen LogP contribution in [0.5, 0.6) is 5.75 Å². The molecule has 0 radical (unpaired) electrons. The van der Waals surface area contributed by atoms with Gasteiger partial charge in [-0.05, 0) is 24.3 Å². The molecule has 0 bridgehead atoms. The Morgan fingerprint density at radius 2 is 2.10 bits per heavy atom. The zero-order chi connectivity index (χ0) is 14.5. The number of halogens is 1. The van der Waals surface area contributed by atoms with Crippen LogP contribution in [0, 0.1) is 0 Å². The Bertz CT molecular complexity index is 610. The third-order valence-electron chi connectivity index (χ3n) is 2.79. The maximum Gasteiger partial charge on any atom is 0.354 e. The molecule has 1 aromatic heterocycles. The number of nitrogens with one attached hydrogen (secondary N) is 2. The molecule has 0 aliphatic heterocycles. The minimum absolute atomic E-state index is 0.385. The van der Waals surface area contributed by atoms with E-state index in [1.807, 2.05) is 18.2 Å². The summed E-state index contributed by atoms with van der Waals surface area (Å²) in [5.74, 6) is 0.225. The number of carbonyl (C=O) groups excluding carboxylic acids is 1. The zero-order valence-corrected chi connectivity index (χ0v) is 12.0. The summed E-state index contributed by atoms with van der Waals surface area (Å²) in [4.78, 5) is 14.3. The Morgan fingerprint density at radius 3 is 2.80 bits per heavy atom. The van der Waals surface area contributed by atoms with Crippen LogP contribution in [0.3, 0.4) is 0 Å². The monoisotopic (exact) mass is 294 g/mol. The molecule has 5 nitrogen and oxygen atoms in total. The van der Waals surface area contributed by atoms with E-state index in [-0.39, 0.29) is 5.97 Å². The molecule has 6 heteroatoms. The summed E-state index contributed by atoms with van der Waals surface area (Å²) in [6, 6.07) is 8.94. The average molecular weight is 295 g/mol. The number of aromatic amines is 1. The molecule has 2 aromatic rings. The topological polar surface area (TPSA) is 63.4 Å². The molecule has 0 aliphatic carbocycles. The van der Waals surface area contributed by atoms with E-state index in [1.165, 1.54) is 7.11 Å². The highest BCUT2D eigenvalue weighted by Crippen LogP contribution is 2.27. The van der Waals surface area contributed by atoms with Crippen molar-refractivity contribution in [3.8, 4) is 5.75 Å². The second-order valence-electron chi connectivity index (χ2n) is 4.09. The largest absolute Gasteiger partial charge is 0.495 e. The van der Waals surface area contributed by atoms with E-state index in [1.54, 1.807) is 19.2 Å². The van der Waals surface area contributed by atoms with Crippen LogP contribution >= 0.6 is 11.6 Å². The second-order valence-corrected chi connectivity index (χ2v) is 4.50. The third-order valence-corrected chi connectivity index (χ3v) is 3.10. The van der Waals surface area contributed by atoms with Gasteiger partial charge in [-0.25, -0.2) is 4.79 Å². The first-order valence-electron chi connectivity index (χ1n) is 5.97. The molecule has 0 saturated carbocycles. The highest BCUT2D eigenvalue weighted by atomic mass is 35.5. The van der Waals surface area contributed by atoms with Crippen molar-refractivity contribution in [2.75, 3.05) is 19.5 Å². The SMILES string of the molecule is COC(=O)c1ccc(CNc2ccc(Cl)c(OC)c2)[nH]1. The second kappa shape index (κ2) is 6.34. The molecule has 1 aromatic carbocycles. The number of methoxy groups -OCH3 is 2. The van der Waals surface area contributed by atoms with Crippen LogP contribution in [-0.4, -0.2) is 25.2 Å². The molecule has 0 unspecified atom stereocenters. The van der Waals surface area contributed by atoms with Crippen LogP contribution in [0.1, 0.15) is 16.2 Å². The average Bonchev–Trinajstić information content (AvgIpc) is 2.94. The summed E-state index contributed by atoms with van der Waals surface area (Å²) in [5.41, 5.74) is 2.18. The van der Waals surface area contributed by atoms with Gasteiger partial charge in [-0.2, -0.15) is 0 Å². The van der Waals surface area contributed by atoms with Gasteiger partial charge in [-0.15, -0.1) is 0 Å². The van der Waals surface area contributed by atoms with Crippen molar-refractivity contribution in [3.05, 3.63) is 46.7 Å². The van der Waals surface area contributed by atoms with E-state index < -0.39 is 0 Å². The molecular formula is C14H15ClN2O3. The van der Waals surface area contributed by atoms with Gasteiger partial charge in [0.15, 0.2) is 0 Å². The number of anilines is 1. The molecule has 2 rings (SSSR count). The van der Waals surface area contributed by atoms with Crippen LogP contribution in [-0.2, 0) is 11.3 Å². The smallest absolute Gasteiger partial charge is 0.354 e. The summed E-state index contributed by atoms with van der Waals surface area (Å²) in [6.07, 6.45) is 0. The van der Waals surface area contributed by atoms with Crippen molar-refractivity contribution >= 4 is 23.3 Å². The van der Waals surface area contributed by atoms with E-state index in [9.17, 15) is 4.79 Å². The predicted octanol–water partition coefficient (Wildman–Crippen LogP) is 3.08. The van der Waals surface area contributed by atoms with Gasteiger partial charge in [-0.3, -0.25) is 0 Å². The van der Waals surface area contributed by atoms with Crippen molar-refractivity contribution in [3.63, 3.8) is 0 Å². The molecule has 0 spiro atoms. The highest BCUT2D eigenvalue weighted by molar-refractivity contribution is 6.32. The van der Waals surface area contributed by atoms with E-state index >= 15 is 0 Å². The number of hydrogen-bond acceptors (Lipinski definition) is 4. The number of hydrogen-bond donors (Lipinski definition) is 2. The van der Waals surface area contributed by atoms with Gasteiger partial charge in [0, 0.05) is 17.4 Å². The number of H-pyrrole nitrogens is 1. The van der Waals surface area contributed by atoms with Crippen molar-refractivity contribution in [1.29, 1.82) is 0 Å². The first-order valence-corrected chi connectivity index (χ1v) is 6.35. The first kappa shape index (κ1) is 14.3. The fourth-order valence-corrected chi connectivity index (χ4v) is 1.93. The lowest BCUT2D eigenvalue weighted by Crippen LogP contribution is -2.03. The van der Waals surface area contributed by atoms with Gasteiger partial charge in [0.05, 0.1) is 25.8 Å². The van der Waals surface area contributed by atoms with Gasteiger partial charge in [0.25, 0.3) is 0 Å². The predicted molar refractivity (Wildman–Crippen MR) is 77.5 cm³/mol. The molecule has 0 amide bonds. The molecule has 2 N–H and O–H groups in total. The van der Waals surface area contributed by atoms with Crippen molar-refractivity contribution in [2.45, 2.75) is 6.54 Å². The van der Waals surface area contributed by atoms with Crippen LogP contribution in [0.2, 0.25) is 5.02 Å². The Labute approximate surface area is 121 Å². The molecule has 1 heterocycles. The summed E-state index contributed by atoms with van der Waals surface area (Å²) < 4.78 is 9.78. The Kier molecular flexibility index (Phi) is 4.53.